The van der Waals surface area contributed by atoms with Gasteiger partial charge in [0.1, 0.15) is 0 Å². The van der Waals surface area contributed by atoms with E-state index in [0.29, 0.717) is 12.1 Å². The van der Waals surface area contributed by atoms with Crippen LogP contribution in [0.2, 0.25) is 0 Å². The second-order valence-corrected chi connectivity index (χ2v) is 6.96. The Morgan fingerprint density at radius 1 is 1.00 bits per heavy atom. The van der Waals surface area contributed by atoms with Gasteiger partial charge in [0.15, 0.2) is 0 Å². The van der Waals surface area contributed by atoms with Crippen molar-refractivity contribution in [1.29, 1.82) is 0 Å². The summed E-state index contributed by atoms with van der Waals surface area (Å²) in [5.41, 5.74) is 0.238. The van der Waals surface area contributed by atoms with Gasteiger partial charge in [0, 0.05) is 17.6 Å². The van der Waals surface area contributed by atoms with Crippen LogP contribution in [-0.4, -0.2) is 36.1 Å². The summed E-state index contributed by atoms with van der Waals surface area (Å²) < 4.78 is 0. The molecule has 1 N–H and O–H groups in total. The largest absolute Gasteiger partial charge is 0.312 e. The van der Waals surface area contributed by atoms with Gasteiger partial charge < -0.3 is 10.2 Å². The van der Waals surface area contributed by atoms with Gasteiger partial charge in [-0.1, -0.05) is 13.8 Å². The van der Waals surface area contributed by atoms with Gasteiger partial charge in [-0.15, -0.1) is 0 Å². The first-order valence-electron chi connectivity index (χ1n) is 7.10. The molecule has 104 valence electrons. The fourth-order valence-electron chi connectivity index (χ4n) is 2.14. The highest BCUT2D eigenvalue weighted by atomic mass is 15.2. The highest BCUT2D eigenvalue weighted by molar-refractivity contribution is 4.75. The first-order valence-corrected chi connectivity index (χ1v) is 7.10. The first kappa shape index (κ1) is 16.9. The van der Waals surface area contributed by atoms with Crippen LogP contribution in [0.1, 0.15) is 61.3 Å². The molecule has 0 aliphatic carbocycles. The van der Waals surface area contributed by atoms with E-state index in [4.69, 9.17) is 0 Å². The van der Waals surface area contributed by atoms with E-state index in [1.807, 2.05) is 0 Å². The maximum Gasteiger partial charge on any atom is 0.00965 e. The zero-order valence-corrected chi connectivity index (χ0v) is 13.3. The van der Waals surface area contributed by atoms with E-state index < -0.39 is 0 Å². The van der Waals surface area contributed by atoms with Crippen molar-refractivity contribution in [2.24, 2.45) is 5.92 Å². The quantitative estimate of drug-likeness (QED) is 0.735. The third-order valence-corrected chi connectivity index (χ3v) is 3.42. The summed E-state index contributed by atoms with van der Waals surface area (Å²) in [6.07, 6.45) is 2.50. The van der Waals surface area contributed by atoms with E-state index in [1.54, 1.807) is 0 Å². The Labute approximate surface area is 109 Å². The van der Waals surface area contributed by atoms with Crippen LogP contribution >= 0.6 is 0 Å². The van der Waals surface area contributed by atoms with Gasteiger partial charge in [0.25, 0.3) is 0 Å². The van der Waals surface area contributed by atoms with Crippen LogP contribution in [0.25, 0.3) is 0 Å². The molecule has 2 heteroatoms. The molecule has 2 atom stereocenters. The van der Waals surface area contributed by atoms with Gasteiger partial charge in [0.2, 0.25) is 0 Å². The van der Waals surface area contributed by atoms with Crippen LogP contribution in [0.3, 0.4) is 0 Å². The minimum atomic E-state index is 0.238. The SMILES string of the molecule is CC(C)CC(C)N(C)C(C)CCNC(C)(C)C. The van der Waals surface area contributed by atoms with Crippen molar-refractivity contribution in [2.45, 2.75) is 78.9 Å². The van der Waals surface area contributed by atoms with Crippen molar-refractivity contribution < 1.29 is 0 Å². The highest BCUT2D eigenvalue weighted by Crippen LogP contribution is 2.13. The normalized spacial score (nSPS) is 16.6. The molecule has 0 aromatic rings. The molecule has 0 aliphatic rings. The Hall–Kier alpha value is -0.0800. The Bertz CT molecular complexity index is 194. The third-order valence-electron chi connectivity index (χ3n) is 3.42. The van der Waals surface area contributed by atoms with Crippen LogP contribution in [0.5, 0.6) is 0 Å². The molecule has 0 aromatic carbocycles. The molecule has 2 unspecified atom stereocenters. The van der Waals surface area contributed by atoms with E-state index in [0.717, 1.165) is 12.5 Å². The lowest BCUT2D eigenvalue weighted by molar-refractivity contribution is 0.165. The van der Waals surface area contributed by atoms with Crippen LogP contribution < -0.4 is 5.32 Å². The number of hydrogen-bond donors (Lipinski definition) is 1. The number of nitrogens with zero attached hydrogens (tertiary/aromatic N) is 1. The van der Waals surface area contributed by atoms with Gasteiger partial charge in [0.05, 0.1) is 0 Å². The van der Waals surface area contributed by atoms with E-state index in [-0.39, 0.29) is 5.54 Å². The molecule has 0 heterocycles. The molecule has 0 saturated heterocycles. The molecule has 0 bridgehead atoms. The highest BCUT2D eigenvalue weighted by Gasteiger charge is 2.17. The number of hydrogen-bond acceptors (Lipinski definition) is 2. The lowest BCUT2D eigenvalue weighted by Gasteiger charge is -2.32. The lowest BCUT2D eigenvalue weighted by Crippen LogP contribution is -2.42. The fraction of sp³-hybridized carbons (Fsp3) is 1.00. The minimum absolute atomic E-state index is 0.238. The summed E-state index contributed by atoms with van der Waals surface area (Å²) in [6.45, 7) is 17.1. The standard InChI is InChI=1S/C15H34N2/c1-12(2)11-14(4)17(8)13(3)9-10-16-15(5,6)7/h12-14,16H,9-11H2,1-8H3. The first-order chi connectivity index (χ1) is 7.63. The molecule has 0 aliphatic heterocycles. The monoisotopic (exact) mass is 242 g/mol. The van der Waals surface area contributed by atoms with Gasteiger partial charge >= 0.3 is 0 Å². The average molecular weight is 242 g/mol. The number of nitrogens with one attached hydrogen (secondary N) is 1. The molecule has 17 heavy (non-hydrogen) atoms. The summed E-state index contributed by atoms with van der Waals surface area (Å²) >= 11 is 0. The van der Waals surface area contributed by atoms with E-state index in [1.165, 1.54) is 12.8 Å². The van der Waals surface area contributed by atoms with Crippen molar-refractivity contribution in [3.63, 3.8) is 0 Å². The van der Waals surface area contributed by atoms with Gasteiger partial charge in [-0.2, -0.15) is 0 Å². The summed E-state index contributed by atoms with van der Waals surface area (Å²) in [5, 5.41) is 3.56. The van der Waals surface area contributed by atoms with Crippen molar-refractivity contribution in [2.75, 3.05) is 13.6 Å². The summed E-state index contributed by atoms with van der Waals surface area (Å²) in [7, 11) is 2.26. The van der Waals surface area contributed by atoms with Crippen molar-refractivity contribution in [3.05, 3.63) is 0 Å². The Kier molecular flexibility index (Phi) is 7.34. The third kappa shape index (κ3) is 8.62. The van der Waals surface area contributed by atoms with Crippen LogP contribution in [0, 0.1) is 5.92 Å². The maximum atomic E-state index is 3.56. The Morgan fingerprint density at radius 2 is 1.53 bits per heavy atom. The second kappa shape index (κ2) is 7.38. The summed E-state index contributed by atoms with van der Waals surface area (Å²) in [5.74, 6) is 0.785. The summed E-state index contributed by atoms with van der Waals surface area (Å²) in [6, 6.07) is 1.33. The minimum Gasteiger partial charge on any atom is -0.312 e. The fourth-order valence-corrected chi connectivity index (χ4v) is 2.14. The van der Waals surface area contributed by atoms with Crippen molar-refractivity contribution >= 4 is 0 Å². The zero-order valence-electron chi connectivity index (χ0n) is 13.3. The predicted octanol–water partition coefficient (Wildman–Crippen LogP) is 3.52. The Morgan fingerprint density at radius 3 is 1.94 bits per heavy atom. The molecule has 0 aromatic heterocycles. The molecule has 0 saturated carbocycles. The molecule has 2 nitrogen and oxygen atoms in total. The Balaban J connectivity index is 3.92. The summed E-state index contributed by atoms with van der Waals surface area (Å²) in [4.78, 5) is 2.52. The van der Waals surface area contributed by atoms with Gasteiger partial charge in [-0.25, -0.2) is 0 Å². The number of rotatable bonds is 7. The molecule has 0 amide bonds. The van der Waals surface area contributed by atoms with E-state index in [9.17, 15) is 0 Å². The van der Waals surface area contributed by atoms with Gasteiger partial charge in [-0.3, -0.25) is 0 Å². The van der Waals surface area contributed by atoms with Gasteiger partial charge in [-0.05, 0) is 67.0 Å². The zero-order chi connectivity index (χ0) is 13.6. The van der Waals surface area contributed by atoms with Crippen LogP contribution in [-0.2, 0) is 0 Å². The molecule has 0 fully saturated rings. The van der Waals surface area contributed by atoms with E-state index in [2.05, 4.69) is 65.7 Å². The smallest absolute Gasteiger partial charge is 0.00965 e. The molecule has 0 radical (unpaired) electrons. The van der Waals surface area contributed by atoms with Crippen molar-refractivity contribution in [1.82, 2.24) is 10.2 Å². The average Bonchev–Trinajstić information content (AvgIpc) is 2.13. The molecular weight excluding hydrogens is 208 g/mol. The van der Waals surface area contributed by atoms with Crippen LogP contribution in [0.15, 0.2) is 0 Å². The topological polar surface area (TPSA) is 15.3 Å². The molecule has 0 rings (SSSR count). The second-order valence-electron chi connectivity index (χ2n) is 6.96. The molecular formula is C15H34N2. The maximum absolute atomic E-state index is 3.56. The molecule has 0 spiro atoms. The lowest BCUT2D eigenvalue weighted by atomic mass is 10.0. The van der Waals surface area contributed by atoms with Crippen LogP contribution in [0.4, 0.5) is 0 Å². The van der Waals surface area contributed by atoms with Crippen molar-refractivity contribution in [3.8, 4) is 0 Å². The predicted molar refractivity (Wildman–Crippen MR) is 78.5 cm³/mol. The van der Waals surface area contributed by atoms with E-state index >= 15 is 0 Å².